The number of hydrogen-bond acceptors (Lipinski definition) is 3. The number of hydrogen-bond donors (Lipinski definition) is 1. The van der Waals surface area contributed by atoms with E-state index in [0.29, 0.717) is 18.8 Å². The van der Waals surface area contributed by atoms with E-state index < -0.39 is 35.7 Å². The van der Waals surface area contributed by atoms with Crippen molar-refractivity contribution in [2.45, 2.75) is 45.1 Å². The fourth-order valence-corrected chi connectivity index (χ4v) is 2.94. The first-order valence-corrected chi connectivity index (χ1v) is 9.50. The van der Waals surface area contributed by atoms with E-state index in [1.165, 1.54) is 7.05 Å². The number of alkyl halides is 6. The zero-order valence-corrected chi connectivity index (χ0v) is 17.2. The van der Waals surface area contributed by atoms with Gasteiger partial charge in [-0.1, -0.05) is 13.5 Å². The van der Waals surface area contributed by atoms with Gasteiger partial charge in [-0.05, 0) is 31.4 Å². The SMILES string of the molecule is C=C(CC(C)C(F)(F)F)C(=O)NC.Fc1cnc(C(F)(F)F)cc1-c1cc2n(n1)CCC2. The van der Waals surface area contributed by atoms with E-state index in [1.807, 2.05) is 0 Å². The van der Waals surface area contributed by atoms with Gasteiger partial charge in [0.25, 0.3) is 0 Å². The largest absolute Gasteiger partial charge is 0.433 e. The smallest absolute Gasteiger partial charge is 0.355 e. The lowest BCUT2D eigenvalue weighted by molar-refractivity contribution is -0.169. The first kappa shape index (κ1) is 25.3. The van der Waals surface area contributed by atoms with Crippen molar-refractivity contribution in [3.8, 4) is 11.3 Å². The first-order chi connectivity index (χ1) is 14.7. The Balaban J connectivity index is 0.000000247. The monoisotopic (exact) mass is 466 g/mol. The van der Waals surface area contributed by atoms with Crippen LogP contribution >= 0.6 is 0 Å². The lowest BCUT2D eigenvalue weighted by atomic mass is 10.0. The Hall–Kier alpha value is -2.92. The molecule has 32 heavy (non-hydrogen) atoms. The van der Waals surface area contributed by atoms with Crippen LogP contribution in [-0.4, -0.2) is 33.9 Å². The Morgan fingerprint density at radius 1 is 1.25 bits per heavy atom. The van der Waals surface area contributed by atoms with Crippen LogP contribution < -0.4 is 5.32 Å². The van der Waals surface area contributed by atoms with Crippen molar-refractivity contribution >= 4 is 5.91 Å². The van der Waals surface area contributed by atoms with Crippen LogP contribution in [0, 0.1) is 11.7 Å². The summed E-state index contributed by atoms with van der Waals surface area (Å²) < 4.78 is 89.0. The Bertz CT molecular complexity index is 958. The zero-order chi connectivity index (χ0) is 24.3. The number of fused-ring (bicyclic) bond motifs is 1. The molecule has 5 nitrogen and oxygen atoms in total. The molecule has 1 N–H and O–H groups in total. The second-order valence-corrected chi connectivity index (χ2v) is 7.22. The van der Waals surface area contributed by atoms with E-state index in [9.17, 15) is 35.5 Å². The predicted octanol–water partition coefficient (Wildman–Crippen LogP) is 4.93. The van der Waals surface area contributed by atoms with Gasteiger partial charge in [0.2, 0.25) is 5.91 Å². The van der Waals surface area contributed by atoms with Gasteiger partial charge >= 0.3 is 12.4 Å². The molecule has 0 radical (unpaired) electrons. The fraction of sp³-hybridized carbons (Fsp3) is 0.450. The maximum atomic E-state index is 13.6. The maximum absolute atomic E-state index is 13.6. The van der Waals surface area contributed by atoms with Crippen LogP contribution in [0.1, 0.15) is 31.2 Å². The summed E-state index contributed by atoms with van der Waals surface area (Å²) in [5, 5.41) is 6.34. The Kier molecular flexibility index (Phi) is 7.68. The molecule has 1 aliphatic heterocycles. The summed E-state index contributed by atoms with van der Waals surface area (Å²) in [6.45, 7) is 5.01. The van der Waals surface area contributed by atoms with Gasteiger partial charge < -0.3 is 5.32 Å². The topological polar surface area (TPSA) is 59.8 Å². The summed E-state index contributed by atoms with van der Waals surface area (Å²) in [4.78, 5) is 13.9. The van der Waals surface area contributed by atoms with Crippen LogP contribution in [-0.2, 0) is 23.9 Å². The van der Waals surface area contributed by atoms with Crippen molar-refractivity contribution in [2.75, 3.05) is 7.05 Å². The third-order valence-corrected chi connectivity index (χ3v) is 4.75. The summed E-state index contributed by atoms with van der Waals surface area (Å²) in [5.74, 6) is -2.88. The number of carbonyl (C=O) groups is 1. The van der Waals surface area contributed by atoms with E-state index in [-0.39, 0.29) is 23.3 Å². The minimum atomic E-state index is -4.59. The van der Waals surface area contributed by atoms with Gasteiger partial charge in [-0.3, -0.25) is 9.48 Å². The highest BCUT2D eigenvalue weighted by Crippen LogP contribution is 2.32. The number of nitrogens with zero attached hydrogens (tertiary/aromatic N) is 3. The van der Waals surface area contributed by atoms with Crippen molar-refractivity contribution in [3.05, 3.63) is 47.7 Å². The summed E-state index contributed by atoms with van der Waals surface area (Å²) in [6, 6.07) is 2.33. The van der Waals surface area contributed by atoms with Gasteiger partial charge in [0.1, 0.15) is 5.69 Å². The molecule has 0 saturated heterocycles. The maximum Gasteiger partial charge on any atom is 0.433 e. The Morgan fingerprint density at radius 2 is 1.91 bits per heavy atom. The number of halogens is 7. The van der Waals surface area contributed by atoms with Gasteiger partial charge in [0.15, 0.2) is 5.82 Å². The molecule has 0 spiro atoms. The van der Waals surface area contributed by atoms with Gasteiger partial charge in [0, 0.05) is 30.4 Å². The number of rotatable bonds is 4. The highest BCUT2D eigenvalue weighted by molar-refractivity contribution is 5.92. The van der Waals surface area contributed by atoms with Crippen molar-refractivity contribution in [2.24, 2.45) is 5.92 Å². The summed E-state index contributed by atoms with van der Waals surface area (Å²) in [6.07, 6.45) is -6.87. The van der Waals surface area contributed by atoms with Crippen molar-refractivity contribution in [3.63, 3.8) is 0 Å². The van der Waals surface area contributed by atoms with Crippen LogP contribution in [0.3, 0.4) is 0 Å². The number of carbonyl (C=O) groups excluding carboxylic acids is 1. The van der Waals surface area contributed by atoms with E-state index in [1.54, 1.807) is 10.7 Å². The second kappa shape index (κ2) is 9.70. The lowest BCUT2D eigenvalue weighted by Crippen LogP contribution is -2.25. The molecule has 3 rings (SSSR count). The molecule has 2 aromatic heterocycles. The van der Waals surface area contributed by atoms with Crippen LogP contribution in [0.15, 0.2) is 30.5 Å². The third kappa shape index (κ3) is 6.30. The highest BCUT2D eigenvalue weighted by atomic mass is 19.4. The molecule has 12 heteroatoms. The van der Waals surface area contributed by atoms with E-state index in [4.69, 9.17) is 0 Å². The van der Waals surface area contributed by atoms with Crippen LogP contribution in [0.25, 0.3) is 11.3 Å². The molecular weight excluding hydrogens is 445 g/mol. The predicted molar refractivity (Wildman–Crippen MR) is 102 cm³/mol. The van der Waals surface area contributed by atoms with Crippen molar-refractivity contribution < 1.29 is 35.5 Å². The zero-order valence-electron chi connectivity index (χ0n) is 17.2. The molecule has 1 aliphatic rings. The van der Waals surface area contributed by atoms with Crippen LogP contribution in [0.4, 0.5) is 30.7 Å². The van der Waals surface area contributed by atoms with Crippen molar-refractivity contribution in [1.29, 1.82) is 0 Å². The van der Waals surface area contributed by atoms with E-state index in [2.05, 4.69) is 22.0 Å². The third-order valence-electron chi connectivity index (χ3n) is 4.75. The molecule has 1 unspecified atom stereocenters. The molecule has 0 aliphatic carbocycles. The summed E-state index contributed by atoms with van der Waals surface area (Å²) in [5.41, 5.74) is -0.187. The van der Waals surface area contributed by atoms with E-state index >= 15 is 0 Å². The quantitative estimate of drug-likeness (QED) is 0.514. The number of likely N-dealkylation sites (N-methyl/N-ethyl adjacent to an activating group) is 1. The average Bonchev–Trinajstić information content (AvgIpc) is 3.28. The molecule has 0 fully saturated rings. The van der Waals surface area contributed by atoms with Gasteiger partial charge in [0.05, 0.1) is 17.8 Å². The first-order valence-electron chi connectivity index (χ1n) is 9.50. The Labute approximate surface area is 179 Å². The number of nitrogens with one attached hydrogen (secondary N) is 1. The summed E-state index contributed by atoms with van der Waals surface area (Å²) in [7, 11) is 1.35. The lowest BCUT2D eigenvalue weighted by Gasteiger charge is -2.15. The minimum Gasteiger partial charge on any atom is -0.355 e. The van der Waals surface area contributed by atoms with Gasteiger partial charge in [-0.15, -0.1) is 0 Å². The molecule has 1 amide bonds. The molecule has 2 aromatic rings. The van der Waals surface area contributed by atoms with Gasteiger partial charge in [-0.25, -0.2) is 9.37 Å². The number of aromatic nitrogens is 3. The number of aryl methyl sites for hydroxylation is 2. The molecule has 3 heterocycles. The molecular formula is C20H21F7N4O. The summed E-state index contributed by atoms with van der Waals surface area (Å²) >= 11 is 0. The van der Waals surface area contributed by atoms with Crippen LogP contribution in [0.5, 0.6) is 0 Å². The van der Waals surface area contributed by atoms with E-state index in [0.717, 1.165) is 25.5 Å². The molecule has 176 valence electrons. The van der Waals surface area contributed by atoms with Crippen molar-refractivity contribution in [1.82, 2.24) is 20.1 Å². The molecule has 1 atom stereocenters. The highest BCUT2D eigenvalue weighted by Gasteiger charge is 2.36. The second-order valence-electron chi connectivity index (χ2n) is 7.22. The average molecular weight is 466 g/mol. The molecule has 0 saturated carbocycles. The number of pyridine rings is 1. The van der Waals surface area contributed by atoms with Gasteiger partial charge in [-0.2, -0.15) is 31.4 Å². The fourth-order valence-electron chi connectivity index (χ4n) is 2.94. The Morgan fingerprint density at radius 3 is 2.44 bits per heavy atom. The number of amides is 1. The minimum absolute atomic E-state index is 0.0488. The molecule has 0 bridgehead atoms. The van der Waals surface area contributed by atoms with Crippen LogP contribution in [0.2, 0.25) is 0 Å². The normalized spacial score (nSPS) is 14.3. The molecule has 0 aromatic carbocycles. The standard InChI is InChI=1S/C12H9F4N3.C8H12F3NO/c13-9-6-17-11(12(14,15)16)5-8(9)10-4-7-2-1-3-19(7)18-10;1-5(7(13)12-3)4-6(2)8(9,10)11/h4-6H,1-3H2;6H,1,4H2,2-3H3,(H,12,13).